The molecule has 1 N–H and O–H groups in total. The molecule has 0 unspecified atom stereocenters. The van der Waals surface area contributed by atoms with Crippen molar-refractivity contribution in [2.45, 2.75) is 24.3 Å². The summed E-state index contributed by atoms with van der Waals surface area (Å²) in [6, 6.07) is 11.0. The first-order chi connectivity index (χ1) is 13.8. The van der Waals surface area contributed by atoms with E-state index in [9.17, 15) is 27.6 Å². The number of hydrogen-bond donors (Lipinski definition) is 1. The van der Waals surface area contributed by atoms with Crippen molar-refractivity contribution in [1.82, 2.24) is 4.57 Å². The average molecular weight is 415 g/mol. The van der Waals surface area contributed by atoms with Crippen LogP contribution in [0.4, 0.5) is 14.5 Å². The lowest BCUT2D eigenvalue weighted by atomic mass is 10.1. The number of nitrogens with zero attached hydrogens (tertiary/aromatic N) is 3. The van der Waals surface area contributed by atoms with Crippen molar-refractivity contribution in [3.63, 3.8) is 0 Å². The quantitative estimate of drug-likeness (QED) is 0.701. The molecule has 1 aliphatic rings. The first kappa shape index (κ1) is 19.0. The number of benzene rings is 2. The van der Waals surface area contributed by atoms with E-state index in [1.54, 1.807) is 13.0 Å². The lowest BCUT2D eigenvalue weighted by molar-refractivity contribution is 0.474. The van der Waals surface area contributed by atoms with Crippen LogP contribution in [0.3, 0.4) is 0 Å². The van der Waals surface area contributed by atoms with Gasteiger partial charge in [-0.25, -0.2) is 17.2 Å². The third-order valence-corrected chi connectivity index (χ3v) is 6.76. The molecule has 0 amide bonds. The zero-order chi connectivity index (χ0) is 20.9. The van der Waals surface area contributed by atoms with Gasteiger partial charge >= 0.3 is 0 Å². The fraction of sp³-hybridized carbons (Fsp3) is 0.150. The predicted molar refractivity (Wildman–Crippen MR) is 101 cm³/mol. The fourth-order valence-corrected chi connectivity index (χ4v) is 5.35. The van der Waals surface area contributed by atoms with Crippen LogP contribution in [0.1, 0.15) is 30.8 Å². The second-order valence-electron chi connectivity index (χ2n) is 6.56. The van der Waals surface area contributed by atoms with E-state index in [1.807, 2.05) is 6.07 Å². The molecular formula is C20H15F2N3O3S. The van der Waals surface area contributed by atoms with Gasteiger partial charge in [0.05, 0.1) is 22.3 Å². The zero-order valence-electron chi connectivity index (χ0n) is 15.2. The van der Waals surface area contributed by atoms with Crippen molar-refractivity contribution in [2.75, 3.05) is 4.31 Å². The maximum atomic E-state index is 14.1. The van der Waals surface area contributed by atoms with Gasteiger partial charge < -0.3 is 9.67 Å². The van der Waals surface area contributed by atoms with Gasteiger partial charge in [-0.05, 0) is 42.8 Å². The Balaban J connectivity index is 2.04. The van der Waals surface area contributed by atoms with E-state index in [2.05, 4.69) is 0 Å². The van der Waals surface area contributed by atoms with Crippen molar-refractivity contribution in [3.8, 4) is 17.5 Å². The molecule has 0 fully saturated rings. The minimum absolute atomic E-state index is 0.0625. The molecule has 148 valence electrons. The Kier molecular flexibility index (Phi) is 4.31. The molecule has 0 saturated heterocycles. The zero-order valence-corrected chi connectivity index (χ0v) is 16.0. The number of aromatic nitrogens is 1. The normalized spacial score (nSPS) is 15.5. The first-order valence-electron chi connectivity index (χ1n) is 8.74. The van der Waals surface area contributed by atoms with E-state index >= 15 is 0 Å². The van der Waals surface area contributed by atoms with E-state index in [0.717, 1.165) is 16.4 Å². The van der Waals surface area contributed by atoms with Crippen LogP contribution in [-0.4, -0.2) is 18.1 Å². The summed E-state index contributed by atoms with van der Waals surface area (Å²) < 4.78 is 57.6. The minimum atomic E-state index is -4.19. The summed E-state index contributed by atoms with van der Waals surface area (Å²) in [5.74, 6) is -2.45. The molecule has 0 aliphatic carbocycles. The number of halogens is 2. The van der Waals surface area contributed by atoms with Crippen LogP contribution in [0.15, 0.2) is 53.4 Å². The van der Waals surface area contributed by atoms with Crippen LogP contribution in [0.5, 0.6) is 5.75 Å². The topological polar surface area (TPSA) is 86.3 Å². The van der Waals surface area contributed by atoms with Crippen LogP contribution in [-0.2, 0) is 10.0 Å². The van der Waals surface area contributed by atoms with Crippen LogP contribution in [0, 0.1) is 23.0 Å². The number of hydrogen-bond acceptors (Lipinski definition) is 4. The average Bonchev–Trinajstić information content (AvgIpc) is 3.12. The summed E-state index contributed by atoms with van der Waals surface area (Å²) in [5, 5.41) is 18.9. The van der Waals surface area contributed by atoms with Gasteiger partial charge in [-0.2, -0.15) is 5.26 Å². The molecule has 6 nitrogen and oxygen atoms in total. The summed E-state index contributed by atoms with van der Waals surface area (Å²) in [7, 11) is -4.19. The molecular weight excluding hydrogens is 400 g/mol. The summed E-state index contributed by atoms with van der Waals surface area (Å²) in [5.41, 5.74) is 0.661. The van der Waals surface area contributed by atoms with Gasteiger partial charge in [-0.1, -0.05) is 6.92 Å². The lowest BCUT2D eigenvalue weighted by Gasteiger charge is -2.38. The van der Waals surface area contributed by atoms with Crippen molar-refractivity contribution in [3.05, 3.63) is 71.6 Å². The summed E-state index contributed by atoms with van der Waals surface area (Å²) in [6.45, 7) is 1.76. The summed E-state index contributed by atoms with van der Waals surface area (Å²) in [6.07, 6.45) is 0.324. The molecule has 0 saturated carbocycles. The molecule has 0 spiro atoms. The molecule has 29 heavy (non-hydrogen) atoms. The van der Waals surface area contributed by atoms with E-state index in [1.165, 1.54) is 34.9 Å². The standard InChI is InChI=1S/C20H15F2N3O3S/c1-2-17-18-8-3-12(11-23)24(18)19-9-15(21)16(22)10-20(19)25(17)29(27,28)14-6-4-13(26)5-7-14/h3-10,17,26H,2H2,1H3/t17-/m1/s1. The molecule has 0 bridgehead atoms. The second-order valence-corrected chi connectivity index (χ2v) is 8.38. The maximum absolute atomic E-state index is 14.1. The van der Waals surface area contributed by atoms with Gasteiger partial charge in [0.1, 0.15) is 17.5 Å². The number of rotatable bonds is 3. The Bertz CT molecular complexity index is 1260. The van der Waals surface area contributed by atoms with Crippen molar-refractivity contribution >= 4 is 15.7 Å². The van der Waals surface area contributed by atoms with Crippen molar-refractivity contribution in [2.24, 2.45) is 0 Å². The SMILES string of the molecule is CC[C@@H]1c2ccc(C#N)n2-c2cc(F)c(F)cc2N1S(=O)(=O)c1ccc(O)cc1. The predicted octanol–water partition coefficient (Wildman–Crippen LogP) is 3.99. The molecule has 9 heteroatoms. The number of phenols is 1. The highest BCUT2D eigenvalue weighted by Crippen LogP contribution is 2.45. The molecule has 3 aromatic rings. The molecule has 1 aromatic heterocycles. The monoisotopic (exact) mass is 415 g/mol. The van der Waals surface area contributed by atoms with Crippen LogP contribution >= 0.6 is 0 Å². The fourth-order valence-electron chi connectivity index (χ4n) is 3.64. The van der Waals surface area contributed by atoms with E-state index < -0.39 is 27.7 Å². The van der Waals surface area contributed by atoms with E-state index in [4.69, 9.17) is 0 Å². The largest absolute Gasteiger partial charge is 0.508 e. The summed E-state index contributed by atoms with van der Waals surface area (Å²) in [4.78, 5) is -0.107. The molecule has 1 atom stereocenters. The maximum Gasteiger partial charge on any atom is 0.265 e. The molecule has 1 aliphatic heterocycles. The second kappa shape index (κ2) is 6.60. The number of sulfonamides is 1. The molecule has 0 radical (unpaired) electrons. The third kappa shape index (κ3) is 2.76. The molecule has 4 rings (SSSR count). The lowest BCUT2D eigenvalue weighted by Crippen LogP contribution is -2.39. The number of phenolic OH excluding ortho intramolecular Hbond substituents is 1. The Morgan fingerprint density at radius 2 is 1.69 bits per heavy atom. The third-order valence-electron chi connectivity index (χ3n) is 4.93. The van der Waals surface area contributed by atoms with E-state index in [-0.39, 0.29) is 27.7 Å². The Morgan fingerprint density at radius 3 is 2.28 bits per heavy atom. The van der Waals surface area contributed by atoms with Crippen molar-refractivity contribution in [1.29, 1.82) is 5.26 Å². The summed E-state index contributed by atoms with van der Waals surface area (Å²) >= 11 is 0. The van der Waals surface area contributed by atoms with Gasteiger partial charge in [0.15, 0.2) is 11.6 Å². The van der Waals surface area contributed by atoms with Crippen LogP contribution in [0.2, 0.25) is 0 Å². The van der Waals surface area contributed by atoms with Gasteiger partial charge in [-0.3, -0.25) is 4.31 Å². The van der Waals surface area contributed by atoms with Gasteiger partial charge in [-0.15, -0.1) is 0 Å². The number of aromatic hydroxyl groups is 1. The Morgan fingerprint density at radius 1 is 1.07 bits per heavy atom. The highest BCUT2D eigenvalue weighted by molar-refractivity contribution is 7.92. The number of nitriles is 1. The van der Waals surface area contributed by atoms with Gasteiger partial charge in [0, 0.05) is 17.8 Å². The van der Waals surface area contributed by atoms with Crippen LogP contribution in [0.25, 0.3) is 5.69 Å². The number of anilines is 1. The number of fused-ring (bicyclic) bond motifs is 3. The Labute approximate surface area is 165 Å². The Hall–Kier alpha value is -3.38. The van der Waals surface area contributed by atoms with Gasteiger partial charge in [0.25, 0.3) is 10.0 Å². The molecule has 2 aromatic carbocycles. The van der Waals surface area contributed by atoms with E-state index in [0.29, 0.717) is 12.1 Å². The smallest absolute Gasteiger partial charge is 0.265 e. The van der Waals surface area contributed by atoms with Gasteiger partial charge in [0.2, 0.25) is 0 Å². The first-order valence-corrected chi connectivity index (χ1v) is 10.2. The van der Waals surface area contributed by atoms with Crippen molar-refractivity contribution < 1.29 is 22.3 Å². The van der Waals surface area contributed by atoms with Crippen LogP contribution < -0.4 is 4.31 Å². The highest BCUT2D eigenvalue weighted by Gasteiger charge is 2.40. The minimum Gasteiger partial charge on any atom is -0.508 e. The molecule has 2 heterocycles. The highest BCUT2D eigenvalue weighted by atomic mass is 32.2.